The molecule has 2 heterocycles. The standard InChI is InChI=1S/C15H20N4O/c16-6-7-19-9-12-2-1-5-15(12,10-19)14-17-13(18-20-14)8-11-3-4-11/h11-12H,1-5,7-10H2/t12-,15-/m1/s1. The van der Waals surface area contributed by atoms with Crippen LogP contribution in [-0.4, -0.2) is 34.7 Å². The second-order valence-corrected chi connectivity index (χ2v) is 6.74. The van der Waals surface area contributed by atoms with Crippen molar-refractivity contribution in [3.63, 3.8) is 0 Å². The van der Waals surface area contributed by atoms with E-state index in [0.29, 0.717) is 12.5 Å². The van der Waals surface area contributed by atoms with Crippen LogP contribution in [0.5, 0.6) is 0 Å². The molecule has 0 unspecified atom stereocenters. The Balaban J connectivity index is 1.58. The zero-order chi connectivity index (χ0) is 13.6. The molecule has 0 spiro atoms. The number of hydrogen-bond donors (Lipinski definition) is 0. The van der Waals surface area contributed by atoms with Crippen molar-refractivity contribution in [2.45, 2.75) is 43.9 Å². The first-order valence-corrected chi connectivity index (χ1v) is 7.72. The van der Waals surface area contributed by atoms with Crippen molar-refractivity contribution in [1.82, 2.24) is 15.0 Å². The van der Waals surface area contributed by atoms with Crippen molar-refractivity contribution in [1.29, 1.82) is 5.26 Å². The van der Waals surface area contributed by atoms with E-state index >= 15 is 0 Å². The molecular formula is C15H20N4O. The van der Waals surface area contributed by atoms with Gasteiger partial charge in [0, 0.05) is 19.5 Å². The minimum Gasteiger partial charge on any atom is -0.339 e. The van der Waals surface area contributed by atoms with E-state index in [-0.39, 0.29) is 5.41 Å². The Labute approximate surface area is 118 Å². The first kappa shape index (κ1) is 12.3. The summed E-state index contributed by atoms with van der Waals surface area (Å²) >= 11 is 0. The summed E-state index contributed by atoms with van der Waals surface area (Å²) in [6.07, 6.45) is 7.20. The molecule has 1 aliphatic heterocycles. The Morgan fingerprint density at radius 1 is 1.40 bits per heavy atom. The highest BCUT2D eigenvalue weighted by molar-refractivity contribution is 5.18. The third-order valence-corrected chi connectivity index (χ3v) is 5.30. The maximum atomic E-state index is 8.91. The van der Waals surface area contributed by atoms with Crippen molar-refractivity contribution < 1.29 is 4.52 Å². The summed E-state index contributed by atoms with van der Waals surface area (Å²) in [5, 5.41) is 13.1. The molecule has 3 aliphatic rings. The molecule has 5 nitrogen and oxygen atoms in total. The number of fused-ring (bicyclic) bond motifs is 1. The van der Waals surface area contributed by atoms with Crippen molar-refractivity contribution in [3.8, 4) is 6.07 Å². The molecule has 2 saturated carbocycles. The van der Waals surface area contributed by atoms with E-state index in [9.17, 15) is 0 Å². The summed E-state index contributed by atoms with van der Waals surface area (Å²) in [6, 6.07) is 2.27. The highest BCUT2D eigenvalue weighted by atomic mass is 16.5. The molecule has 106 valence electrons. The normalized spacial score (nSPS) is 33.2. The van der Waals surface area contributed by atoms with E-state index in [1.54, 1.807) is 0 Å². The Kier molecular flexibility index (Phi) is 2.81. The lowest BCUT2D eigenvalue weighted by molar-refractivity contribution is 0.252. The van der Waals surface area contributed by atoms with Crippen LogP contribution < -0.4 is 0 Å². The van der Waals surface area contributed by atoms with E-state index in [0.717, 1.165) is 43.6 Å². The smallest absolute Gasteiger partial charge is 0.234 e. The summed E-state index contributed by atoms with van der Waals surface area (Å²) in [7, 11) is 0. The molecule has 20 heavy (non-hydrogen) atoms. The van der Waals surface area contributed by atoms with Gasteiger partial charge in [-0.05, 0) is 37.5 Å². The predicted octanol–water partition coefficient (Wildman–Crippen LogP) is 1.90. The molecule has 1 saturated heterocycles. The van der Waals surface area contributed by atoms with Gasteiger partial charge in [0.05, 0.1) is 18.0 Å². The molecule has 0 radical (unpaired) electrons. The van der Waals surface area contributed by atoms with Gasteiger partial charge in [0.1, 0.15) is 0 Å². The summed E-state index contributed by atoms with van der Waals surface area (Å²) in [4.78, 5) is 6.96. The number of nitriles is 1. The fraction of sp³-hybridized carbons (Fsp3) is 0.800. The monoisotopic (exact) mass is 272 g/mol. The quantitative estimate of drug-likeness (QED) is 0.783. The number of aromatic nitrogens is 2. The van der Waals surface area contributed by atoms with Crippen LogP contribution in [0.4, 0.5) is 0 Å². The molecule has 3 fully saturated rings. The second kappa shape index (κ2) is 4.56. The maximum Gasteiger partial charge on any atom is 0.234 e. The largest absolute Gasteiger partial charge is 0.339 e. The summed E-state index contributed by atoms with van der Waals surface area (Å²) in [6.45, 7) is 2.44. The van der Waals surface area contributed by atoms with E-state index in [1.807, 2.05) is 0 Å². The van der Waals surface area contributed by atoms with Crippen molar-refractivity contribution in [2.75, 3.05) is 19.6 Å². The Hall–Kier alpha value is -1.41. The molecule has 0 N–H and O–H groups in total. The SMILES string of the molecule is N#CCN1C[C@H]2CCC[C@@]2(c2nc(CC3CC3)no2)C1. The molecule has 2 aliphatic carbocycles. The van der Waals surface area contributed by atoms with Gasteiger partial charge in [0.2, 0.25) is 5.89 Å². The predicted molar refractivity (Wildman–Crippen MR) is 71.8 cm³/mol. The molecule has 1 aromatic rings. The van der Waals surface area contributed by atoms with Crippen LogP contribution in [0.2, 0.25) is 0 Å². The van der Waals surface area contributed by atoms with Gasteiger partial charge in [0.25, 0.3) is 0 Å². The topological polar surface area (TPSA) is 66.0 Å². The third kappa shape index (κ3) is 1.94. The minimum atomic E-state index is 0.0334. The Morgan fingerprint density at radius 3 is 3.10 bits per heavy atom. The molecular weight excluding hydrogens is 252 g/mol. The van der Waals surface area contributed by atoms with Gasteiger partial charge in [-0.3, -0.25) is 4.90 Å². The fourth-order valence-electron chi connectivity index (χ4n) is 4.08. The fourth-order valence-corrected chi connectivity index (χ4v) is 4.08. The number of rotatable bonds is 4. The molecule has 4 rings (SSSR count). The average Bonchev–Trinajstić information content (AvgIpc) is 2.84. The molecule has 2 atom stereocenters. The minimum absolute atomic E-state index is 0.0334. The lowest BCUT2D eigenvalue weighted by atomic mass is 9.80. The average molecular weight is 272 g/mol. The van der Waals surface area contributed by atoms with Crippen molar-refractivity contribution in [3.05, 3.63) is 11.7 Å². The van der Waals surface area contributed by atoms with Crippen molar-refractivity contribution in [2.24, 2.45) is 11.8 Å². The van der Waals surface area contributed by atoms with E-state index in [1.165, 1.54) is 25.7 Å². The number of nitrogens with zero attached hydrogens (tertiary/aromatic N) is 4. The third-order valence-electron chi connectivity index (χ3n) is 5.30. The summed E-state index contributed by atoms with van der Waals surface area (Å²) in [5.41, 5.74) is 0.0334. The van der Waals surface area contributed by atoms with Gasteiger partial charge >= 0.3 is 0 Å². The molecule has 1 aromatic heterocycles. The van der Waals surface area contributed by atoms with Gasteiger partial charge < -0.3 is 4.52 Å². The second-order valence-electron chi connectivity index (χ2n) is 6.74. The van der Waals surface area contributed by atoms with Crippen LogP contribution in [0.3, 0.4) is 0 Å². The van der Waals surface area contributed by atoms with Crippen LogP contribution in [0, 0.1) is 23.2 Å². The first-order valence-electron chi connectivity index (χ1n) is 7.72. The summed E-state index contributed by atoms with van der Waals surface area (Å²) in [5.74, 6) is 3.11. The Bertz CT molecular complexity index is 544. The van der Waals surface area contributed by atoms with Gasteiger partial charge in [0.15, 0.2) is 5.82 Å². The van der Waals surface area contributed by atoms with Crippen LogP contribution in [0.15, 0.2) is 4.52 Å². The van der Waals surface area contributed by atoms with Gasteiger partial charge in [-0.15, -0.1) is 0 Å². The maximum absolute atomic E-state index is 8.91. The number of likely N-dealkylation sites (tertiary alicyclic amines) is 1. The van der Waals surface area contributed by atoms with E-state index in [4.69, 9.17) is 14.8 Å². The van der Waals surface area contributed by atoms with Gasteiger partial charge in [-0.2, -0.15) is 10.2 Å². The van der Waals surface area contributed by atoms with Crippen LogP contribution in [0.25, 0.3) is 0 Å². The summed E-state index contributed by atoms with van der Waals surface area (Å²) < 4.78 is 5.64. The van der Waals surface area contributed by atoms with Crippen LogP contribution >= 0.6 is 0 Å². The van der Waals surface area contributed by atoms with E-state index < -0.39 is 0 Å². The van der Waals surface area contributed by atoms with Gasteiger partial charge in [-0.25, -0.2) is 0 Å². The highest BCUT2D eigenvalue weighted by Crippen LogP contribution is 2.49. The van der Waals surface area contributed by atoms with Crippen LogP contribution in [0.1, 0.15) is 43.8 Å². The first-order chi connectivity index (χ1) is 9.80. The Morgan fingerprint density at radius 2 is 2.30 bits per heavy atom. The highest BCUT2D eigenvalue weighted by Gasteiger charge is 2.54. The van der Waals surface area contributed by atoms with Gasteiger partial charge in [-0.1, -0.05) is 11.6 Å². The lowest BCUT2D eigenvalue weighted by Crippen LogP contribution is -2.32. The van der Waals surface area contributed by atoms with E-state index in [2.05, 4.69) is 16.1 Å². The molecule has 0 aromatic carbocycles. The molecule has 0 bridgehead atoms. The van der Waals surface area contributed by atoms with Crippen molar-refractivity contribution >= 4 is 0 Å². The molecule has 5 heteroatoms. The number of hydrogen-bond acceptors (Lipinski definition) is 5. The zero-order valence-corrected chi connectivity index (χ0v) is 11.7. The van der Waals surface area contributed by atoms with Crippen LogP contribution in [-0.2, 0) is 11.8 Å². The lowest BCUT2D eigenvalue weighted by Gasteiger charge is -2.23. The zero-order valence-electron chi connectivity index (χ0n) is 11.7. The molecule has 0 amide bonds.